The Bertz CT molecular complexity index is 4760. The van der Waals surface area contributed by atoms with Gasteiger partial charge in [-0.25, -0.2) is 0 Å². The van der Waals surface area contributed by atoms with Gasteiger partial charge in [0.25, 0.3) is 0 Å². The number of benzene rings is 12. The van der Waals surface area contributed by atoms with E-state index in [1.807, 2.05) is 6.07 Å². The number of nitrogens with zero attached hydrogens (tertiary/aromatic N) is 2. The summed E-state index contributed by atoms with van der Waals surface area (Å²) in [7, 11) is 0. The highest BCUT2D eigenvalue weighted by Gasteiger charge is 2.52. The molecule has 80 heavy (non-hydrogen) atoms. The highest BCUT2D eigenvalue weighted by molar-refractivity contribution is 6.17. The molecule has 3 heterocycles. The van der Waals surface area contributed by atoms with E-state index in [9.17, 15) is 0 Å². The van der Waals surface area contributed by atoms with Gasteiger partial charge in [0.1, 0.15) is 33.8 Å². The van der Waals surface area contributed by atoms with Gasteiger partial charge in [-0.05, 0) is 129 Å². The van der Waals surface area contributed by atoms with Crippen LogP contribution in [0.4, 0.5) is 34.1 Å². The summed E-state index contributed by atoms with van der Waals surface area (Å²) in [6.07, 6.45) is 0. The molecule has 0 unspecified atom stereocenters. The number of hydrogen-bond donors (Lipinski definition) is 0. The van der Waals surface area contributed by atoms with Crippen molar-refractivity contribution >= 4 is 88.8 Å². The molecule has 1 aliphatic heterocycles. The zero-order chi connectivity index (χ0) is 53.3. The molecule has 0 bridgehead atoms. The average molecular weight is 1030 g/mol. The molecular weight excluding hydrogens is 977 g/mol. The molecule has 0 amide bonds. The van der Waals surface area contributed by atoms with E-state index in [-0.39, 0.29) is 5.41 Å². The fourth-order valence-electron chi connectivity index (χ4n) is 13.3. The number of fused-ring (bicyclic) bond motifs is 16. The lowest BCUT2D eigenvalue weighted by molar-refractivity contribution is 0.438. The van der Waals surface area contributed by atoms with Crippen molar-refractivity contribution in [2.45, 2.75) is 31.6 Å². The third kappa shape index (κ3) is 6.77. The summed E-state index contributed by atoms with van der Waals surface area (Å²) >= 11 is 0. The second-order valence-electron chi connectivity index (χ2n) is 22.3. The highest BCUT2D eigenvalue weighted by atomic mass is 16.5. The highest BCUT2D eigenvalue weighted by Crippen LogP contribution is 2.64. The van der Waals surface area contributed by atoms with Gasteiger partial charge < -0.3 is 23.4 Å². The van der Waals surface area contributed by atoms with Crippen molar-refractivity contribution in [1.82, 2.24) is 0 Å². The van der Waals surface area contributed by atoms with Crippen molar-refractivity contribution in [3.05, 3.63) is 289 Å². The Morgan fingerprint density at radius 3 is 1.65 bits per heavy atom. The van der Waals surface area contributed by atoms with Gasteiger partial charge in [-0.2, -0.15) is 0 Å². The molecule has 1 aliphatic carbocycles. The summed E-state index contributed by atoms with van der Waals surface area (Å²) in [5.41, 5.74) is 18.9. The Morgan fingerprint density at radius 1 is 0.350 bits per heavy atom. The summed E-state index contributed by atoms with van der Waals surface area (Å²) in [5.74, 6) is 1.68. The molecule has 0 N–H and O–H groups in total. The van der Waals surface area contributed by atoms with Gasteiger partial charge in [-0.1, -0.05) is 197 Å². The van der Waals surface area contributed by atoms with E-state index in [1.165, 1.54) is 33.2 Å². The average Bonchev–Trinajstić information content (AvgIpc) is 3.85. The maximum Gasteiger partial charge on any atom is 0.140 e. The molecule has 0 fully saturated rings. The van der Waals surface area contributed by atoms with E-state index in [0.717, 1.165) is 117 Å². The lowest BCUT2D eigenvalue weighted by Crippen LogP contribution is -2.32. The second-order valence-corrected chi connectivity index (χ2v) is 22.3. The largest absolute Gasteiger partial charge is 0.456 e. The summed E-state index contributed by atoms with van der Waals surface area (Å²) in [4.78, 5) is 4.83. The maximum absolute atomic E-state index is 7.42. The Balaban J connectivity index is 1.02. The lowest BCUT2D eigenvalue weighted by Gasteiger charge is -2.41. The first kappa shape index (κ1) is 46.0. The molecule has 5 heteroatoms. The molecule has 12 aromatic carbocycles. The molecule has 0 radical (unpaired) electrons. The number of hydrogen-bond acceptors (Lipinski definition) is 5. The van der Waals surface area contributed by atoms with Crippen LogP contribution in [0.3, 0.4) is 0 Å². The van der Waals surface area contributed by atoms with E-state index in [0.29, 0.717) is 0 Å². The van der Waals surface area contributed by atoms with Crippen molar-refractivity contribution in [3.8, 4) is 33.8 Å². The fourth-order valence-corrected chi connectivity index (χ4v) is 13.3. The van der Waals surface area contributed by atoms with Crippen LogP contribution < -0.4 is 14.5 Å². The summed E-state index contributed by atoms with van der Waals surface area (Å²) in [6.45, 7) is 6.81. The van der Waals surface area contributed by atoms with E-state index >= 15 is 0 Å². The van der Waals surface area contributed by atoms with Crippen LogP contribution in [0.5, 0.6) is 11.5 Å². The molecule has 14 aromatic rings. The quantitative estimate of drug-likeness (QED) is 0.159. The minimum atomic E-state index is -0.740. The predicted octanol–water partition coefficient (Wildman–Crippen LogP) is 21.0. The number of furan rings is 2. The summed E-state index contributed by atoms with van der Waals surface area (Å²) < 4.78 is 21.1. The van der Waals surface area contributed by atoms with Crippen LogP contribution in [0.2, 0.25) is 0 Å². The third-order valence-electron chi connectivity index (χ3n) is 16.9. The Morgan fingerprint density at radius 2 is 0.912 bits per heavy atom. The van der Waals surface area contributed by atoms with Crippen molar-refractivity contribution in [3.63, 3.8) is 0 Å². The van der Waals surface area contributed by atoms with Crippen molar-refractivity contribution in [2.75, 3.05) is 9.80 Å². The van der Waals surface area contributed by atoms with Crippen LogP contribution in [0, 0.1) is 0 Å². The summed E-state index contributed by atoms with van der Waals surface area (Å²) in [5, 5.41) is 6.40. The van der Waals surface area contributed by atoms with Crippen LogP contribution >= 0.6 is 0 Å². The predicted molar refractivity (Wildman–Crippen MR) is 329 cm³/mol. The van der Waals surface area contributed by atoms with Gasteiger partial charge in [0.2, 0.25) is 0 Å². The molecule has 0 atom stereocenters. The molecule has 380 valence electrons. The Labute approximate surface area is 463 Å². The zero-order valence-electron chi connectivity index (χ0n) is 44.4. The van der Waals surface area contributed by atoms with Gasteiger partial charge in [0.05, 0.1) is 33.2 Å². The number of ether oxygens (including phenoxy) is 1. The van der Waals surface area contributed by atoms with Crippen molar-refractivity contribution in [2.24, 2.45) is 0 Å². The minimum absolute atomic E-state index is 0.0395. The molecule has 0 saturated carbocycles. The summed E-state index contributed by atoms with van der Waals surface area (Å²) in [6, 6.07) is 94.3. The van der Waals surface area contributed by atoms with Gasteiger partial charge in [-0.15, -0.1) is 0 Å². The van der Waals surface area contributed by atoms with Crippen molar-refractivity contribution in [1.29, 1.82) is 0 Å². The Hall–Kier alpha value is -10.1. The molecule has 1 spiro atoms. The molecule has 16 rings (SSSR count). The van der Waals surface area contributed by atoms with Gasteiger partial charge in [0, 0.05) is 49.9 Å². The van der Waals surface area contributed by atoms with Crippen LogP contribution in [0.25, 0.3) is 76.9 Å². The molecule has 2 aromatic heterocycles. The van der Waals surface area contributed by atoms with Crippen LogP contribution in [0.1, 0.15) is 48.6 Å². The first-order valence-electron chi connectivity index (χ1n) is 27.6. The van der Waals surface area contributed by atoms with Gasteiger partial charge in [-0.3, -0.25) is 0 Å². The zero-order valence-corrected chi connectivity index (χ0v) is 44.4. The lowest BCUT2D eigenvalue weighted by atomic mass is 9.65. The fraction of sp³-hybridized carbons (Fsp3) is 0.0667. The van der Waals surface area contributed by atoms with E-state index in [4.69, 9.17) is 13.6 Å². The standard InChI is InChI=1S/C75H52N2O3/c1-74(2,3)49-40-38-48(39-41-49)57-45-52(46-62-73(57)80-68-35-16-14-30-61(68)75(62)59-28-12-9-25-54(59)55-26-10-13-29-60(55)75)76(64-32-18-36-69-71(64)56-27-11-15-34-66(56)78-69)51-42-43-67-58(44-51)72-65(33-19-37-70(72)79-67)77(50-22-5-4-6-23-50)63-31-17-21-47-20-7-8-24-53(47)63/h4-46H,1-3H3. The van der Waals surface area contributed by atoms with Gasteiger partial charge in [0.15, 0.2) is 0 Å². The number of rotatable bonds is 7. The molecule has 0 saturated heterocycles. The molecule has 5 nitrogen and oxygen atoms in total. The van der Waals surface area contributed by atoms with Crippen LogP contribution in [-0.4, -0.2) is 0 Å². The first-order valence-corrected chi connectivity index (χ1v) is 27.6. The normalized spacial score (nSPS) is 13.1. The number of anilines is 6. The minimum Gasteiger partial charge on any atom is -0.456 e. The maximum atomic E-state index is 7.42. The Kier molecular flexibility index (Phi) is 10.0. The molecule has 2 aliphatic rings. The van der Waals surface area contributed by atoms with Crippen LogP contribution in [0.15, 0.2) is 270 Å². The third-order valence-corrected chi connectivity index (χ3v) is 16.9. The van der Waals surface area contributed by atoms with E-state index < -0.39 is 5.41 Å². The van der Waals surface area contributed by atoms with Crippen molar-refractivity contribution < 1.29 is 13.6 Å². The van der Waals surface area contributed by atoms with Gasteiger partial charge >= 0.3 is 0 Å². The SMILES string of the molecule is CC(C)(C)c1ccc(-c2cc(N(c3ccc4oc5cccc(N(c6ccccc6)c6cccc7ccccc67)c5c4c3)c3cccc4oc5ccccc5c34)cc3c2Oc2ccccc2C32c3ccccc3-c3ccccc32)cc1. The first-order chi connectivity index (χ1) is 39.3. The van der Waals surface area contributed by atoms with E-state index in [1.54, 1.807) is 0 Å². The van der Waals surface area contributed by atoms with Crippen LogP contribution in [-0.2, 0) is 10.8 Å². The number of para-hydroxylation sites is 3. The van der Waals surface area contributed by atoms with E-state index in [2.05, 4.69) is 285 Å². The smallest absolute Gasteiger partial charge is 0.140 e. The monoisotopic (exact) mass is 1030 g/mol. The molecular formula is C75H52N2O3. The topological polar surface area (TPSA) is 42.0 Å². The second kappa shape index (κ2) is 17.5.